The van der Waals surface area contributed by atoms with Gasteiger partial charge >= 0.3 is 0 Å². The van der Waals surface area contributed by atoms with Gasteiger partial charge in [0.2, 0.25) is 5.78 Å². The molecule has 7 N–H and O–H groups in total. The lowest BCUT2D eigenvalue weighted by Crippen LogP contribution is -2.65. The SMILES string of the molecule is CNc1nc(Cl)c2c(c1O)C(O)=C1C(=O)[C@]3(O)C(O)=C(C(N)=O)C(=O)[C@@H](N(C)C)[C@@H]3C[C@@H]1C2. The number of halogens is 1. The van der Waals surface area contributed by atoms with Gasteiger partial charge in [-0.1, -0.05) is 11.6 Å². The Morgan fingerprint density at radius 2 is 1.91 bits per heavy atom. The normalized spacial score (nSPS) is 29.1. The van der Waals surface area contributed by atoms with Gasteiger partial charge in [0.15, 0.2) is 23.0 Å². The van der Waals surface area contributed by atoms with E-state index in [4.69, 9.17) is 17.3 Å². The average Bonchev–Trinajstić information content (AvgIpc) is 2.72. The summed E-state index contributed by atoms with van der Waals surface area (Å²) in [4.78, 5) is 44.1. The van der Waals surface area contributed by atoms with Crippen LogP contribution >= 0.6 is 11.6 Å². The number of primary amides is 1. The number of rotatable bonds is 3. The molecule has 0 aliphatic heterocycles. The summed E-state index contributed by atoms with van der Waals surface area (Å²) in [6.45, 7) is 0. The highest BCUT2D eigenvalue weighted by atomic mass is 35.5. The molecular weight excluding hydrogens is 456 g/mol. The Morgan fingerprint density at radius 3 is 2.45 bits per heavy atom. The van der Waals surface area contributed by atoms with E-state index in [0.717, 1.165) is 0 Å². The van der Waals surface area contributed by atoms with Crippen LogP contribution in [0.1, 0.15) is 17.5 Å². The van der Waals surface area contributed by atoms with Crippen molar-refractivity contribution in [2.24, 2.45) is 17.6 Å². The number of ketones is 2. The smallest absolute Gasteiger partial charge is 0.255 e. The Balaban J connectivity index is 2.00. The maximum absolute atomic E-state index is 13.7. The van der Waals surface area contributed by atoms with Crippen LogP contribution in [0.15, 0.2) is 16.9 Å². The molecule has 0 aromatic carbocycles. The summed E-state index contributed by atoms with van der Waals surface area (Å²) in [5.41, 5.74) is 1.69. The van der Waals surface area contributed by atoms with Crippen molar-refractivity contribution in [3.05, 3.63) is 33.2 Å². The molecule has 0 saturated heterocycles. The van der Waals surface area contributed by atoms with Crippen LogP contribution in [0.3, 0.4) is 0 Å². The number of anilines is 1. The number of carbonyl (C=O) groups excluding carboxylic acids is 3. The molecule has 3 aliphatic carbocycles. The van der Waals surface area contributed by atoms with Gasteiger partial charge in [-0.25, -0.2) is 4.98 Å². The highest BCUT2D eigenvalue weighted by Gasteiger charge is 2.64. The van der Waals surface area contributed by atoms with Crippen molar-refractivity contribution in [1.29, 1.82) is 0 Å². The van der Waals surface area contributed by atoms with Crippen LogP contribution in [0.5, 0.6) is 5.75 Å². The fourth-order valence-electron chi connectivity index (χ4n) is 5.33. The van der Waals surface area contributed by atoms with Crippen molar-refractivity contribution in [1.82, 2.24) is 9.88 Å². The summed E-state index contributed by atoms with van der Waals surface area (Å²) in [5, 5.41) is 46.6. The molecule has 1 saturated carbocycles. The molecule has 0 bridgehead atoms. The molecule has 4 rings (SSSR count). The number of aromatic nitrogens is 1. The van der Waals surface area contributed by atoms with E-state index in [1.165, 1.54) is 26.0 Å². The van der Waals surface area contributed by atoms with Gasteiger partial charge in [0.25, 0.3) is 5.91 Å². The number of carbonyl (C=O) groups is 3. The first-order chi connectivity index (χ1) is 15.4. The quantitative estimate of drug-likeness (QED) is 0.256. The number of fused-ring (bicyclic) bond motifs is 3. The molecule has 0 spiro atoms. The first kappa shape index (κ1) is 23.0. The molecule has 4 atom stereocenters. The highest BCUT2D eigenvalue weighted by Crippen LogP contribution is 2.53. The van der Waals surface area contributed by atoms with Gasteiger partial charge < -0.3 is 31.5 Å². The van der Waals surface area contributed by atoms with Gasteiger partial charge in [0, 0.05) is 24.1 Å². The fraction of sp³-hybridized carbons (Fsp3) is 0.429. The third-order valence-electron chi connectivity index (χ3n) is 6.77. The Labute approximate surface area is 193 Å². The number of pyridine rings is 1. The number of nitrogens with zero attached hydrogens (tertiary/aromatic N) is 2. The van der Waals surface area contributed by atoms with Gasteiger partial charge in [-0.15, -0.1) is 0 Å². The van der Waals surface area contributed by atoms with Gasteiger partial charge in [0.05, 0.1) is 11.6 Å². The van der Waals surface area contributed by atoms with E-state index in [2.05, 4.69) is 10.3 Å². The molecule has 1 heterocycles. The number of hydrogen-bond donors (Lipinski definition) is 6. The van der Waals surface area contributed by atoms with Crippen LogP contribution in [-0.4, -0.2) is 80.6 Å². The van der Waals surface area contributed by atoms with Crippen LogP contribution in [-0.2, 0) is 20.8 Å². The summed E-state index contributed by atoms with van der Waals surface area (Å²) in [6, 6.07) is -1.14. The number of nitrogens with one attached hydrogen (secondary N) is 1. The lowest BCUT2D eigenvalue weighted by Gasteiger charge is -2.50. The zero-order chi connectivity index (χ0) is 24.6. The Kier molecular flexibility index (Phi) is 5.19. The summed E-state index contributed by atoms with van der Waals surface area (Å²) in [6.07, 6.45) is 0.0640. The van der Waals surface area contributed by atoms with Crippen molar-refractivity contribution in [3.63, 3.8) is 0 Å². The molecule has 33 heavy (non-hydrogen) atoms. The number of aliphatic hydroxyl groups is 3. The molecule has 3 aliphatic rings. The molecule has 12 heteroatoms. The van der Waals surface area contributed by atoms with Crippen molar-refractivity contribution in [3.8, 4) is 5.75 Å². The second-order valence-corrected chi connectivity index (χ2v) is 9.02. The van der Waals surface area contributed by atoms with Crippen LogP contribution in [0.4, 0.5) is 5.82 Å². The summed E-state index contributed by atoms with van der Waals surface area (Å²) >= 11 is 6.28. The predicted octanol–water partition coefficient (Wildman–Crippen LogP) is 0.0541. The van der Waals surface area contributed by atoms with E-state index in [9.17, 15) is 34.8 Å². The minimum absolute atomic E-state index is 0.00803. The third-order valence-corrected chi connectivity index (χ3v) is 7.08. The lowest BCUT2D eigenvalue weighted by atomic mass is 9.57. The number of aliphatic hydroxyl groups excluding tert-OH is 2. The highest BCUT2D eigenvalue weighted by molar-refractivity contribution is 6.31. The van der Waals surface area contributed by atoms with Gasteiger partial charge in [0.1, 0.15) is 22.2 Å². The molecular formula is C21H23ClN4O7. The Bertz CT molecular complexity index is 1190. The topological polar surface area (TPSA) is 186 Å². The van der Waals surface area contributed by atoms with E-state index in [-0.39, 0.29) is 34.9 Å². The maximum Gasteiger partial charge on any atom is 0.255 e. The van der Waals surface area contributed by atoms with Crippen LogP contribution < -0.4 is 11.1 Å². The summed E-state index contributed by atoms with van der Waals surface area (Å²) < 4.78 is 0. The maximum atomic E-state index is 13.7. The van der Waals surface area contributed by atoms with Crippen molar-refractivity contribution >= 4 is 40.7 Å². The first-order valence-corrected chi connectivity index (χ1v) is 10.5. The monoisotopic (exact) mass is 478 g/mol. The van der Waals surface area contributed by atoms with Gasteiger partial charge in [-0.3, -0.25) is 19.3 Å². The van der Waals surface area contributed by atoms with Crippen molar-refractivity contribution < 1.29 is 34.8 Å². The van der Waals surface area contributed by atoms with E-state index < -0.39 is 63.8 Å². The molecule has 0 unspecified atom stereocenters. The van der Waals surface area contributed by atoms with Gasteiger partial charge in [-0.2, -0.15) is 0 Å². The predicted molar refractivity (Wildman–Crippen MR) is 117 cm³/mol. The number of Topliss-reactive ketones (excluding diaryl/α,β-unsaturated/α-hetero) is 2. The summed E-state index contributed by atoms with van der Waals surface area (Å²) in [7, 11) is 4.55. The summed E-state index contributed by atoms with van der Waals surface area (Å²) in [5.74, 6) is -7.25. The molecule has 1 aromatic heterocycles. The zero-order valence-corrected chi connectivity index (χ0v) is 18.8. The van der Waals surface area contributed by atoms with E-state index >= 15 is 0 Å². The fourth-order valence-corrected chi connectivity index (χ4v) is 5.59. The molecule has 0 radical (unpaired) electrons. The minimum atomic E-state index is -2.68. The van der Waals surface area contributed by atoms with Crippen LogP contribution in [0.25, 0.3) is 5.76 Å². The van der Waals surface area contributed by atoms with Crippen LogP contribution in [0.2, 0.25) is 5.15 Å². The number of hydrogen-bond acceptors (Lipinski definition) is 10. The van der Waals surface area contributed by atoms with Crippen LogP contribution in [0, 0.1) is 11.8 Å². The molecule has 1 fully saturated rings. The van der Waals surface area contributed by atoms with E-state index in [0.29, 0.717) is 5.56 Å². The molecule has 1 aromatic rings. The third kappa shape index (κ3) is 2.89. The molecule has 176 valence electrons. The number of nitrogens with two attached hydrogens (primary N) is 1. The Hall–Kier alpha value is -3.15. The molecule has 1 amide bonds. The largest absolute Gasteiger partial charge is 0.508 e. The minimum Gasteiger partial charge on any atom is -0.508 e. The van der Waals surface area contributed by atoms with Crippen molar-refractivity contribution in [2.75, 3.05) is 26.5 Å². The second-order valence-electron chi connectivity index (χ2n) is 8.66. The molecule has 11 nitrogen and oxygen atoms in total. The first-order valence-electron chi connectivity index (χ1n) is 10.1. The number of aromatic hydroxyl groups is 1. The average molecular weight is 479 g/mol. The number of likely N-dealkylation sites (N-methyl/N-ethyl adjacent to an activating group) is 1. The second kappa shape index (κ2) is 7.44. The van der Waals surface area contributed by atoms with Crippen molar-refractivity contribution in [2.45, 2.75) is 24.5 Å². The van der Waals surface area contributed by atoms with Gasteiger partial charge in [-0.05, 0) is 32.9 Å². The zero-order valence-electron chi connectivity index (χ0n) is 18.0. The lowest BCUT2D eigenvalue weighted by molar-refractivity contribution is -0.153. The Morgan fingerprint density at radius 1 is 1.27 bits per heavy atom. The van der Waals surface area contributed by atoms with E-state index in [1.807, 2.05) is 0 Å². The number of amides is 1. The standard InChI is InChI=1S/C21H23ClN4O7/c1-24-20-15(29)10-7(18(22)25-20)4-6-5-8-12(26(2)3)14(28)11(19(23)32)17(31)21(8,33)16(30)9(6)13(10)27/h6,8,12,27,29,31,33H,4-5H2,1-3H3,(H2,23,32)(H,24,25)/t6-,8-,12-,21-/m0/s1. The van der Waals surface area contributed by atoms with E-state index in [1.54, 1.807) is 0 Å².